The summed E-state index contributed by atoms with van der Waals surface area (Å²) in [6.45, 7) is 10.9. The van der Waals surface area contributed by atoms with E-state index in [1.165, 1.54) is 12.8 Å². The third-order valence-electron chi connectivity index (χ3n) is 2.79. The Labute approximate surface area is 141 Å². The average Bonchev–Trinajstić information content (AvgIpc) is 2.36. The van der Waals surface area contributed by atoms with E-state index < -0.39 is 0 Å². The van der Waals surface area contributed by atoms with Gasteiger partial charge in [0.05, 0.1) is 13.2 Å². The Hall–Kier alpha value is -0.0800. The zero-order valence-corrected chi connectivity index (χ0v) is 16.1. The number of nitrogens with one attached hydrogen (secondary N) is 2. The van der Waals surface area contributed by atoms with Gasteiger partial charge >= 0.3 is 0 Å². The van der Waals surface area contributed by atoms with Gasteiger partial charge in [-0.3, -0.25) is 4.99 Å². The molecule has 0 aromatic heterocycles. The Balaban J connectivity index is 0. The van der Waals surface area contributed by atoms with Gasteiger partial charge in [0.25, 0.3) is 0 Å². The first-order chi connectivity index (χ1) is 9.13. The molecule has 6 heteroatoms. The standard InChI is InChI=1S/C14H32N4O.HI/c1-6-8-10-18(4)11-9-16-14(15-7-2)17-13(3)12-19-5;/h13H,6-12H2,1-5H3,(H2,15,16,17);1H. The normalized spacial score (nSPS) is 13.0. The predicted molar refractivity (Wildman–Crippen MR) is 98.3 cm³/mol. The molecular weight excluding hydrogens is 367 g/mol. The molecule has 1 unspecified atom stereocenters. The highest BCUT2D eigenvalue weighted by atomic mass is 127. The van der Waals surface area contributed by atoms with Crippen LogP contribution < -0.4 is 10.6 Å². The first-order valence-corrected chi connectivity index (χ1v) is 7.36. The molecule has 20 heavy (non-hydrogen) atoms. The van der Waals surface area contributed by atoms with Crippen molar-refractivity contribution in [3.8, 4) is 0 Å². The van der Waals surface area contributed by atoms with Crippen LogP contribution >= 0.6 is 24.0 Å². The number of ether oxygens (including phenoxy) is 1. The van der Waals surface area contributed by atoms with Crippen molar-refractivity contribution >= 4 is 29.9 Å². The van der Waals surface area contributed by atoms with Crippen LogP contribution in [0.1, 0.15) is 33.6 Å². The lowest BCUT2D eigenvalue weighted by Gasteiger charge is -2.18. The molecular formula is C14H33IN4O. The van der Waals surface area contributed by atoms with Crippen molar-refractivity contribution in [3.05, 3.63) is 0 Å². The van der Waals surface area contributed by atoms with E-state index in [0.717, 1.165) is 32.1 Å². The highest BCUT2D eigenvalue weighted by Crippen LogP contribution is 1.91. The van der Waals surface area contributed by atoms with Crippen LogP contribution in [0.4, 0.5) is 0 Å². The van der Waals surface area contributed by atoms with E-state index >= 15 is 0 Å². The molecule has 0 fully saturated rings. The molecule has 0 radical (unpaired) electrons. The molecule has 0 spiro atoms. The summed E-state index contributed by atoms with van der Waals surface area (Å²) < 4.78 is 5.12. The summed E-state index contributed by atoms with van der Waals surface area (Å²) in [5.74, 6) is 0.871. The maximum absolute atomic E-state index is 5.12. The summed E-state index contributed by atoms with van der Waals surface area (Å²) in [5.41, 5.74) is 0. The lowest BCUT2D eigenvalue weighted by atomic mass is 10.3. The van der Waals surface area contributed by atoms with Gasteiger partial charge in [-0.1, -0.05) is 13.3 Å². The van der Waals surface area contributed by atoms with Gasteiger partial charge in [0.2, 0.25) is 0 Å². The van der Waals surface area contributed by atoms with Gasteiger partial charge in [-0.15, -0.1) is 24.0 Å². The van der Waals surface area contributed by atoms with Gasteiger partial charge in [0, 0.05) is 26.2 Å². The van der Waals surface area contributed by atoms with Crippen LogP contribution in [0.2, 0.25) is 0 Å². The van der Waals surface area contributed by atoms with Crippen LogP contribution in [0.25, 0.3) is 0 Å². The predicted octanol–water partition coefficient (Wildman–Crippen LogP) is 1.93. The third kappa shape index (κ3) is 12.9. The molecule has 0 saturated heterocycles. The monoisotopic (exact) mass is 400 g/mol. The maximum Gasteiger partial charge on any atom is 0.191 e. The van der Waals surface area contributed by atoms with Crippen molar-refractivity contribution < 1.29 is 4.74 Å². The number of guanidine groups is 1. The lowest BCUT2D eigenvalue weighted by Crippen LogP contribution is -2.44. The van der Waals surface area contributed by atoms with Gasteiger partial charge in [0.1, 0.15) is 0 Å². The topological polar surface area (TPSA) is 48.9 Å². The number of aliphatic imine (C=N–C) groups is 1. The second kappa shape index (κ2) is 15.3. The lowest BCUT2D eigenvalue weighted by molar-refractivity contribution is 0.179. The van der Waals surface area contributed by atoms with E-state index in [-0.39, 0.29) is 30.0 Å². The van der Waals surface area contributed by atoms with Gasteiger partial charge in [0.15, 0.2) is 5.96 Å². The summed E-state index contributed by atoms with van der Waals surface area (Å²) in [6.07, 6.45) is 2.50. The Morgan fingerprint density at radius 1 is 1.30 bits per heavy atom. The molecule has 0 saturated carbocycles. The average molecular weight is 400 g/mol. The zero-order valence-electron chi connectivity index (χ0n) is 13.7. The maximum atomic E-state index is 5.12. The minimum Gasteiger partial charge on any atom is -0.383 e. The number of hydrogen-bond acceptors (Lipinski definition) is 3. The number of likely N-dealkylation sites (N-methyl/N-ethyl adjacent to an activating group) is 1. The molecule has 1 atom stereocenters. The van der Waals surface area contributed by atoms with E-state index in [1.807, 2.05) is 0 Å². The Bertz CT molecular complexity index is 239. The van der Waals surface area contributed by atoms with Crippen molar-refractivity contribution in [2.24, 2.45) is 4.99 Å². The summed E-state index contributed by atoms with van der Waals surface area (Å²) in [7, 11) is 3.87. The van der Waals surface area contributed by atoms with Crippen molar-refractivity contribution in [3.63, 3.8) is 0 Å². The van der Waals surface area contributed by atoms with E-state index in [4.69, 9.17) is 4.74 Å². The summed E-state index contributed by atoms with van der Waals surface area (Å²) in [6, 6.07) is 0.264. The van der Waals surface area contributed by atoms with Gasteiger partial charge in [-0.25, -0.2) is 0 Å². The van der Waals surface area contributed by atoms with E-state index in [1.54, 1.807) is 7.11 Å². The number of halogens is 1. The van der Waals surface area contributed by atoms with Crippen molar-refractivity contribution in [1.82, 2.24) is 15.5 Å². The molecule has 0 aliphatic carbocycles. The highest BCUT2D eigenvalue weighted by molar-refractivity contribution is 14.0. The summed E-state index contributed by atoms with van der Waals surface area (Å²) in [4.78, 5) is 6.91. The van der Waals surface area contributed by atoms with Crippen LogP contribution in [-0.2, 0) is 4.74 Å². The molecule has 0 aromatic carbocycles. The minimum absolute atomic E-state index is 0. The molecule has 0 aromatic rings. The highest BCUT2D eigenvalue weighted by Gasteiger charge is 2.04. The number of hydrogen-bond donors (Lipinski definition) is 2. The van der Waals surface area contributed by atoms with Gasteiger partial charge in [-0.05, 0) is 33.9 Å². The molecule has 5 nitrogen and oxygen atoms in total. The number of nitrogens with zero attached hydrogens (tertiary/aromatic N) is 2. The summed E-state index contributed by atoms with van der Waals surface area (Å²) in [5, 5.41) is 6.58. The van der Waals surface area contributed by atoms with Crippen LogP contribution in [0.3, 0.4) is 0 Å². The molecule has 0 heterocycles. The fraction of sp³-hybridized carbons (Fsp3) is 0.929. The van der Waals surface area contributed by atoms with Crippen LogP contribution in [0.15, 0.2) is 4.99 Å². The Morgan fingerprint density at radius 3 is 2.55 bits per heavy atom. The Morgan fingerprint density at radius 2 is 2.00 bits per heavy atom. The SMILES string of the molecule is CCCCN(C)CCN=C(NCC)NC(C)COC.I. The van der Waals surface area contributed by atoms with E-state index in [9.17, 15) is 0 Å². The van der Waals surface area contributed by atoms with Crippen LogP contribution in [0, 0.1) is 0 Å². The summed E-state index contributed by atoms with van der Waals surface area (Å²) >= 11 is 0. The Kier molecular flexibility index (Phi) is 17.0. The number of methoxy groups -OCH3 is 1. The van der Waals surface area contributed by atoms with Crippen molar-refractivity contribution in [2.75, 3.05) is 46.9 Å². The van der Waals surface area contributed by atoms with Gasteiger partial charge < -0.3 is 20.3 Å². The zero-order chi connectivity index (χ0) is 14.5. The van der Waals surface area contributed by atoms with E-state index in [0.29, 0.717) is 6.61 Å². The molecule has 0 bridgehead atoms. The minimum atomic E-state index is 0. The quantitative estimate of drug-likeness (QED) is 0.334. The second-order valence-corrected chi connectivity index (χ2v) is 4.92. The largest absolute Gasteiger partial charge is 0.383 e. The second-order valence-electron chi connectivity index (χ2n) is 4.92. The van der Waals surface area contributed by atoms with Crippen molar-refractivity contribution in [1.29, 1.82) is 0 Å². The molecule has 122 valence electrons. The fourth-order valence-corrected chi connectivity index (χ4v) is 1.72. The fourth-order valence-electron chi connectivity index (χ4n) is 1.72. The number of rotatable bonds is 10. The first kappa shape index (κ1) is 22.2. The van der Waals surface area contributed by atoms with Crippen LogP contribution in [-0.4, -0.2) is 63.8 Å². The number of unbranched alkanes of at least 4 members (excludes halogenated alkanes) is 1. The molecule has 0 amide bonds. The van der Waals surface area contributed by atoms with Crippen LogP contribution in [0.5, 0.6) is 0 Å². The van der Waals surface area contributed by atoms with Gasteiger partial charge in [-0.2, -0.15) is 0 Å². The van der Waals surface area contributed by atoms with Crippen molar-refractivity contribution in [2.45, 2.75) is 39.7 Å². The third-order valence-corrected chi connectivity index (χ3v) is 2.79. The smallest absolute Gasteiger partial charge is 0.191 e. The van der Waals surface area contributed by atoms with E-state index in [2.05, 4.69) is 48.3 Å². The molecule has 0 rings (SSSR count). The molecule has 0 aliphatic heterocycles. The molecule has 2 N–H and O–H groups in total. The first-order valence-electron chi connectivity index (χ1n) is 7.36. The molecule has 0 aliphatic rings.